The molecule has 0 saturated carbocycles. The molecule has 2 rings (SSSR count). The fourth-order valence-electron chi connectivity index (χ4n) is 2.17. The van der Waals surface area contributed by atoms with Gasteiger partial charge in [-0.15, -0.1) is 0 Å². The number of carboxylic acid groups (broad SMARTS) is 1. The molecule has 0 heterocycles. The summed E-state index contributed by atoms with van der Waals surface area (Å²) in [5, 5.41) is 11.6. The summed E-state index contributed by atoms with van der Waals surface area (Å²) in [7, 11) is 0. The highest BCUT2D eigenvalue weighted by atomic mass is 19.1. The van der Waals surface area contributed by atoms with Gasteiger partial charge in [0, 0.05) is 18.4 Å². The van der Waals surface area contributed by atoms with E-state index in [2.05, 4.69) is 5.32 Å². The molecule has 0 radical (unpaired) electrons. The van der Waals surface area contributed by atoms with Crippen molar-refractivity contribution in [2.75, 3.05) is 0 Å². The third-order valence-corrected chi connectivity index (χ3v) is 3.43. The first-order valence-corrected chi connectivity index (χ1v) is 7.33. The van der Waals surface area contributed by atoms with Gasteiger partial charge >= 0.3 is 5.97 Å². The number of hydrogen-bond acceptors (Lipinski definition) is 3. The number of nitrogens with one attached hydrogen (secondary N) is 1. The normalized spacial score (nSPS) is 11.5. The van der Waals surface area contributed by atoms with Gasteiger partial charge in [0.1, 0.15) is 5.82 Å². The van der Waals surface area contributed by atoms with Crippen LogP contribution in [0.2, 0.25) is 0 Å². The largest absolute Gasteiger partial charge is 0.479 e. The first-order chi connectivity index (χ1) is 11.5. The molecule has 0 aliphatic heterocycles. The van der Waals surface area contributed by atoms with Crippen molar-refractivity contribution < 1.29 is 23.9 Å². The maximum atomic E-state index is 12.8. The zero-order chi connectivity index (χ0) is 17.5. The standard InChI is InChI=1S/C18H16FNO4/c19-14-8-6-12(7-9-14)15(21)10-11-16(22)20-17(18(23)24)13-4-2-1-3-5-13/h1-9,17H,10-11H2,(H,20,22)(H,23,24)/t17-/m0/s1. The van der Waals surface area contributed by atoms with Crippen LogP contribution in [-0.4, -0.2) is 22.8 Å². The summed E-state index contributed by atoms with van der Waals surface area (Å²) >= 11 is 0. The van der Waals surface area contributed by atoms with Crippen LogP contribution >= 0.6 is 0 Å². The fourth-order valence-corrected chi connectivity index (χ4v) is 2.17. The first-order valence-electron chi connectivity index (χ1n) is 7.33. The van der Waals surface area contributed by atoms with Crippen LogP contribution in [0.4, 0.5) is 4.39 Å². The molecule has 0 saturated heterocycles. The molecule has 0 aromatic heterocycles. The van der Waals surface area contributed by atoms with E-state index in [1.165, 1.54) is 24.3 Å². The summed E-state index contributed by atoms with van der Waals surface area (Å²) in [5.74, 6) is -2.48. The second-order valence-corrected chi connectivity index (χ2v) is 5.18. The molecule has 2 N–H and O–H groups in total. The van der Waals surface area contributed by atoms with Crippen LogP contribution in [0, 0.1) is 5.82 Å². The van der Waals surface area contributed by atoms with Crippen molar-refractivity contribution in [1.29, 1.82) is 0 Å². The summed E-state index contributed by atoms with van der Waals surface area (Å²) in [6, 6.07) is 12.2. The highest BCUT2D eigenvalue weighted by molar-refractivity contribution is 5.98. The second-order valence-electron chi connectivity index (χ2n) is 5.18. The van der Waals surface area contributed by atoms with Gasteiger partial charge in [-0.05, 0) is 29.8 Å². The maximum Gasteiger partial charge on any atom is 0.330 e. The number of carbonyl (C=O) groups is 3. The van der Waals surface area contributed by atoms with Crippen molar-refractivity contribution in [2.45, 2.75) is 18.9 Å². The minimum atomic E-state index is -1.18. The second kappa shape index (κ2) is 8.01. The third-order valence-electron chi connectivity index (χ3n) is 3.43. The molecular weight excluding hydrogens is 313 g/mol. The number of amides is 1. The number of halogens is 1. The first kappa shape index (κ1) is 17.3. The monoisotopic (exact) mass is 329 g/mol. The lowest BCUT2D eigenvalue weighted by molar-refractivity contribution is -0.142. The van der Waals surface area contributed by atoms with Crippen LogP contribution in [0.15, 0.2) is 54.6 Å². The highest BCUT2D eigenvalue weighted by Gasteiger charge is 2.22. The predicted octanol–water partition coefficient (Wildman–Crippen LogP) is 2.73. The number of benzene rings is 2. The zero-order valence-corrected chi connectivity index (χ0v) is 12.7. The van der Waals surface area contributed by atoms with Gasteiger partial charge < -0.3 is 10.4 Å². The number of hydrogen-bond donors (Lipinski definition) is 2. The Kier molecular flexibility index (Phi) is 5.78. The Morgan fingerprint density at radius 2 is 1.58 bits per heavy atom. The lowest BCUT2D eigenvalue weighted by atomic mass is 10.0. The SMILES string of the molecule is O=C(CCC(=O)c1ccc(F)cc1)N[C@H](C(=O)O)c1ccccc1. The van der Waals surface area contributed by atoms with Gasteiger partial charge in [0.25, 0.3) is 0 Å². The summed E-state index contributed by atoms with van der Waals surface area (Å²) in [4.78, 5) is 35.2. The minimum Gasteiger partial charge on any atom is -0.479 e. The molecule has 2 aromatic carbocycles. The summed E-state index contributed by atoms with van der Waals surface area (Å²) in [5.41, 5.74) is 0.755. The Balaban J connectivity index is 1.93. The number of aliphatic carboxylic acids is 1. The molecule has 0 fully saturated rings. The summed E-state index contributed by atoms with van der Waals surface area (Å²) in [6.07, 6.45) is -0.231. The molecule has 0 aliphatic carbocycles. The Morgan fingerprint density at radius 1 is 0.958 bits per heavy atom. The predicted molar refractivity (Wildman–Crippen MR) is 84.9 cm³/mol. The fraction of sp³-hybridized carbons (Fsp3) is 0.167. The number of carboxylic acids is 1. The minimum absolute atomic E-state index is 0.0847. The lowest BCUT2D eigenvalue weighted by Gasteiger charge is -2.14. The van der Waals surface area contributed by atoms with Gasteiger partial charge in [-0.2, -0.15) is 0 Å². The molecule has 0 bridgehead atoms. The van der Waals surface area contributed by atoms with E-state index in [0.29, 0.717) is 11.1 Å². The van der Waals surface area contributed by atoms with E-state index in [0.717, 1.165) is 0 Å². The van der Waals surface area contributed by atoms with Crippen LogP contribution < -0.4 is 5.32 Å². The topological polar surface area (TPSA) is 83.5 Å². The van der Waals surface area contributed by atoms with Crippen LogP contribution in [0.5, 0.6) is 0 Å². The van der Waals surface area contributed by atoms with E-state index in [1.807, 2.05) is 0 Å². The maximum absolute atomic E-state index is 12.8. The number of rotatable bonds is 7. The molecule has 1 amide bonds. The zero-order valence-electron chi connectivity index (χ0n) is 12.7. The van der Waals surface area contributed by atoms with Crippen molar-refractivity contribution in [3.8, 4) is 0 Å². The van der Waals surface area contributed by atoms with Crippen molar-refractivity contribution in [2.24, 2.45) is 0 Å². The van der Waals surface area contributed by atoms with Crippen molar-refractivity contribution in [3.63, 3.8) is 0 Å². The third kappa shape index (κ3) is 4.74. The molecular formula is C18H16FNO4. The van der Waals surface area contributed by atoms with Crippen LogP contribution in [0.3, 0.4) is 0 Å². The molecule has 24 heavy (non-hydrogen) atoms. The smallest absolute Gasteiger partial charge is 0.330 e. The Labute approximate surface area is 138 Å². The number of ketones is 1. The molecule has 1 atom stereocenters. The molecule has 6 heteroatoms. The highest BCUT2D eigenvalue weighted by Crippen LogP contribution is 2.13. The Hall–Kier alpha value is -3.02. The van der Waals surface area contributed by atoms with Crippen LogP contribution in [-0.2, 0) is 9.59 Å². The lowest BCUT2D eigenvalue weighted by Crippen LogP contribution is -2.33. The molecule has 0 spiro atoms. The van der Waals surface area contributed by atoms with E-state index >= 15 is 0 Å². The quantitative estimate of drug-likeness (QED) is 0.765. The van der Waals surface area contributed by atoms with Crippen molar-refractivity contribution in [3.05, 3.63) is 71.5 Å². The number of carbonyl (C=O) groups excluding carboxylic acids is 2. The molecule has 2 aromatic rings. The van der Waals surface area contributed by atoms with E-state index in [9.17, 15) is 23.9 Å². The summed E-state index contributed by atoms with van der Waals surface area (Å²) in [6.45, 7) is 0. The van der Waals surface area contributed by atoms with Gasteiger partial charge in [-0.3, -0.25) is 9.59 Å². The molecule has 0 unspecified atom stereocenters. The van der Waals surface area contributed by atoms with E-state index < -0.39 is 23.7 Å². The van der Waals surface area contributed by atoms with Crippen LogP contribution in [0.1, 0.15) is 34.8 Å². The average Bonchev–Trinajstić information content (AvgIpc) is 2.58. The molecule has 5 nitrogen and oxygen atoms in total. The molecule has 0 aliphatic rings. The van der Waals surface area contributed by atoms with E-state index in [-0.39, 0.29) is 18.6 Å². The van der Waals surface area contributed by atoms with Crippen molar-refractivity contribution in [1.82, 2.24) is 5.32 Å². The Morgan fingerprint density at radius 3 is 2.17 bits per heavy atom. The number of Topliss-reactive ketones (excluding diaryl/α,β-unsaturated/α-hetero) is 1. The Bertz CT molecular complexity index is 728. The van der Waals surface area contributed by atoms with Gasteiger partial charge in [0.05, 0.1) is 0 Å². The van der Waals surface area contributed by atoms with Gasteiger partial charge in [0.15, 0.2) is 11.8 Å². The average molecular weight is 329 g/mol. The van der Waals surface area contributed by atoms with Crippen molar-refractivity contribution >= 4 is 17.7 Å². The van der Waals surface area contributed by atoms with Gasteiger partial charge in [0.2, 0.25) is 5.91 Å². The molecule has 124 valence electrons. The summed E-state index contributed by atoms with van der Waals surface area (Å²) < 4.78 is 12.8. The van der Waals surface area contributed by atoms with E-state index in [4.69, 9.17) is 0 Å². The van der Waals surface area contributed by atoms with Crippen LogP contribution in [0.25, 0.3) is 0 Å². The van der Waals surface area contributed by atoms with Gasteiger partial charge in [-0.1, -0.05) is 30.3 Å². The van der Waals surface area contributed by atoms with Gasteiger partial charge in [-0.25, -0.2) is 9.18 Å². The van der Waals surface area contributed by atoms with E-state index in [1.54, 1.807) is 30.3 Å².